The lowest BCUT2D eigenvalue weighted by Crippen LogP contribution is -2.55. The molecule has 3 aromatic rings. The van der Waals surface area contributed by atoms with E-state index in [0.717, 1.165) is 5.56 Å². The molecule has 0 aromatic heterocycles. The van der Waals surface area contributed by atoms with Gasteiger partial charge in [0.2, 0.25) is 5.91 Å². The van der Waals surface area contributed by atoms with Crippen LogP contribution in [-0.2, 0) is 22.6 Å². The highest BCUT2D eigenvalue weighted by atomic mass is 35.5. The van der Waals surface area contributed by atoms with E-state index in [1.807, 2.05) is 51.1 Å². The van der Waals surface area contributed by atoms with Gasteiger partial charge < -0.3 is 15.0 Å². The average molecular weight is 531 g/mol. The first-order chi connectivity index (χ1) is 17.0. The fourth-order valence-electron chi connectivity index (χ4n) is 3.64. The summed E-state index contributed by atoms with van der Waals surface area (Å²) in [5, 5.41) is 3.70. The van der Waals surface area contributed by atoms with E-state index in [0.29, 0.717) is 15.6 Å². The summed E-state index contributed by atoms with van der Waals surface area (Å²) in [5.41, 5.74) is 0.832. The van der Waals surface area contributed by atoms with Gasteiger partial charge in [-0.15, -0.1) is 0 Å². The Labute approximate surface area is 221 Å². The summed E-state index contributed by atoms with van der Waals surface area (Å²) in [6.07, 6.45) is 0.246. The number of benzene rings is 3. The number of carbonyl (C=O) groups is 2. The molecular weight excluding hydrogens is 502 g/mol. The Morgan fingerprint density at radius 2 is 1.56 bits per heavy atom. The second-order valence-corrected chi connectivity index (χ2v) is 10.2. The van der Waals surface area contributed by atoms with Gasteiger partial charge in [0.05, 0.1) is 0 Å². The molecule has 0 bridgehead atoms. The predicted molar refractivity (Wildman–Crippen MR) is 141 cm³/mol. The van der Waals surface area contributed by atoms with Crippen molar-refractivity contribution in [3.05, 3.63) is 99.8 Å². The van der Waals surface area contributed by atoms with Crippen LogP contribution in [0.4, 0.5) is 4.39 Å². The maximum Gasteiger partial charge on any atom is 0.261 e. The maximum absolute atomic E-state index is 14.1. The zero-order chi connectivity index (χ0) is 26.3. The Morgan fingerprint density at radius 1 is 0.944 bits per heavy atom. The minimum absolute atomic E-state index is 0.0347. The first kappa shape index (κ1) is 27.5. The zero-order valence-corrected chi connectivity index (χ0v) is 21.9. The predicted octanol–water partition coefficient (Wildman–Crippen LogP) is 6.07. The van der Waals surface area contributed by atoms with Crippen molar-refractivity contribution in [1.29, 1.82) is 0 Å². The molecule has 1 N–H and O–H groups in total. The topological polar surface area (TPSA) is 58.6 Å². The van der Waals surface area contributed by atoms with Crippen LogP contribution in [0.2, 0.25) is 10.0 Å². The van der Waals surface area contributed by atoms with Crippen molar-refractivity contribution >= 4 is 35.0 Å². The molecule has 0 aliphatic rings. The van der Waals surface area contributed by atoms with Crippen LogP contribution in [0.5, 0.6) is 5.75 Å². The van der Waals surface area contributed by atoms with E-state index in [4.69, 9.17) is 27.9 Å². The van der Waals surface area contributed by atoms with Crippen LogP contribution in [0.25, 0.3) is 0 Å². The van der Waals surface area contributed by atoms with Gasteiger partial charge >= 0.3 is 0 Å². The number of rotatable bonds is 9. The SMILES string of the molecule is CC(C)(C)NC(=O)[C@H](Cc1ccccc1)N(Cc1c(Cl)cccc1Cl)C(=O)COc1ccccc1F. The van der Waals surface area contributed by atoms with Gasteiger partial charge in [0, 0.05) is 34.1 Å². The van der Waals surface area contributed by atoms with Crippen molar-refractivity contribution in [3.8, 4) is 5.75 Å². The molecule has 3 rings (SSSR count). The van der Waals surface area contributed by atoms with Crippen molar-refractivity contribution in [2.75, 3.05) is 6.61 Å². The Balaban J connectivity index is 1.99. The lowest BCUT2D eigenvalue weighted by molar-refractivity contribution is -0.143. The van der Waals surface area contributed by atoms with Crippen molar-refractivity contribution in [2.45, 2.75) is 45.3 Å². The third-order valence-corrected chi connectivity index (χ3v) is 6.06. The van der Waals surface area contributed by atoms with Crippen molar-refractivity contribution in [3.63, 3.8) is 0 Å². The maximum atomic E-state index is 14.1. The number of ether oxygens (including phenoxy) is 1. The van der Waals surface area contributed by atoms with Gasteiger partial charge in [0.15, 0.2) is 18.2 Å². The summed E-state index contributed by atoms with van der Waals surface area (Å²) >= 11 is 12.8. The molecule has 190 valence electrons. The highest BCUT2D eigenvalue weighted by molar-refractivity contribution is 6.36. The lowest BCUT2D eigenvalue weighted by Gasteiger charge is -2.34. The Kier molecular flexibility index (Phi) is 9.35. The van der Waals surface area contributed by atoms with E-state index in [9.17, 15) is 14.0 Å². The standard InChI is InChI=1S/C28H29Cl2FN2O3/c1-28(2,3)32-27(35)24(16-19-10-5-4-6-11-19)33(17-20-21(29)12-9-13-22(20)30)26(34)18-36-25-15-8-7-14-23(25)31/h4-15,24H,16-18H2,1-3H3,(H,32,35)/t24-/m0/s1. The van der Waals surface area contributed by atoms with Crippen LogP contribution in [0, 0.1) is 5.82 Å². The van der Waals surface area contributed by atoms with E-state index < -0.39 is 29.9 Å². The quantitative estimate of drug-likeness (QED) is 0.365. The normalized spacial score (nSPS) is 12.1. The lowest BCUT2D eigenvalue weighted by atomic mass is 10.0. The summed E-state index contributed by atoms with van der Waals surface area (Å²) in [7, 11) is 0. The minimum atomic E-state index is -0.907. The Hall–Kier alpha value is -3.09. The van der Waals surface area contributed by atoms with Crippen LogP contribution in [0.15, 0.2) is 72.8 Å². The van der Waals surface area contributed by atoms with Crippen molar-refractivity contribution in [2.24, 2.45) is 0 Å². The molecule has 0 saturated carbocycles. The van der Waals surface area contributed by atoms with Gasteiger partial charge in [0.25, 0.3) is 5.91 Å². The van der Waals surface area contributed by atoms with Crippen molar-refractivity contribution < 1.29 is 18.7 Å². The molecule has 0 unspecified atom stereocenters. The molecule has 0 aliphatic heterocycles. The van der Waals surface area contributed by atoms with Crippen LogP contribution in [-0.4, -0.2) is 34.9 Å². The van der Waals surface area contributed by atoms with Gasteiger partial charge in [-0.05, 0) is 50.6 Å². The molecule has 36 heavy (non-hydrogen) atoms. The van der Waals surface area contributed by atoms with E-state index in [2.05, 4.69) is 5.32 Å². The van der Waals surface area contributed by atoms with E-state index in [-0.39, 0.29) is 24.6 Å². The number of amides is 2. The van der Waals surface area contributed by atoms with E-state index >= 15 is 0 Å². The second-order valence-electron chi connectivity index (χ2n) is 9.39. The molecule has 1 atom stereocenters. The summed E-state index contributed by atoms with van der Waals surface area (Å²) in [6.45, 7) is 5.08. The summed E-state index contributed by atoms with van der Waals surface area (Å²) in [6, 6.07) is 19.3. The number of para-hydroxylation sites is 1. The van der Waals surface area contributed by atoms with E-state index in [1.165, 1.54) is 23.1 Å². The van der Waals surface area contributed by atoms with Crippen LogP contribution in [0.1, 0.15) is 31.9 Å². The van der Waals surface area contributed by atoms with Gasteiger partial charge in [-0.2, -0.15) is 0 Å². The molecule has 0 heterocycles. The van der Waals surface area contributed by atoms with Gasteiger partial charge in [0.1, 0.15) is 6.04 Å². The molecule has 0 fully saturated rings. The molecular formula is C28H29Cl2FN2O3. The molecule has 0 aliphatic carbocycles. The zero-order valence-electron chi connectivity index (χ0n) is 20.4. The molecule has 2 amide bonds. The van der Waals surface area contributed by atoms with Crippen LogP contribution >= 0.6 is 23.2 Å². The smallest absolute Gasteiger partial charge is 0.261 e. The van der Waals surface area contributed by atoms with Crippen molar-refractivity contribution in [1.82, 2.24) is 10.2 Å². The second kappa shape index (κ2) is 12.2. The largest absolute Gasteiger partial charge is 0.481 e. The molecule has 0 radical (unpaired) electrons. The number of hydrogen-bond acceptors (Lipinski definition) is 3. The fraction of sp³-hybridized carbons (Fsp3) is 0.286. The van der Waals surface area contributed by atoms with Gasteiger partial charge in [-0.3, -0.25) is 9.59 Å². The molecule has 3 aromatic carbocycles. The highest BCUT2D eigenvalue weighted by Crippen LogP contribution is 2.27. The fourth-order valence-corrected chi connectivity index (χ4v) is 4.16. The number of hydrogen-bond donors (Lipinski definition) is 1. The third kappa shape index (κ3) is 7.70. The summed E-state index contributed by atoms with van der Waals surface area (Å²) in [5.74, 6) is -1.49. The molecule has 0 saturated heterocycles. The van der Waals surface area contributed by atoms with Gasteiger partial charge in [-0.25, -0.2) is 4.39 Å². The first-order valence-electron chi connectivity index (χ1n) is 11.5. The summed E-state index contributed by atoms with van der Waals surface area (Å²) < 4.78 is 19.6. The number of nitrogens with zero attached hydrogens (tertiary/aromatic N) is 1. The Bertz CT molecular complexity index is 1180. The number of carbonyl (C=O) groups excluding carboxylic acids is 2. The highest BCUT2D eigenvalue weighted by Gasteiger charge is 2.33. The molecule has 8 heteroatoms. The minimum Gasteiger partial charge on any atom is -0.481 e. The third-order valence-electron chi connectivity index (χ3n) is 5.35. The average Bonchev–Trinajstić information content (AvgIpc) is 2.82. The summed E-state index contributed by atoms with van der Waals surface area (Å²) in [4.78, 5) is 28.5. The first-order valence-corrected chi connectivity index (χ1v) is 12.3. The van der Waals surface area contributed by atoms with Crippen LogP contribution in [0.3, 0.4) is 0 Å². The Morgan fingerprint density at radius 3 is 2.17 bits per heavy atom. The van der Waals surface area contributed by atoms with Gasteiger partial charge in [-0.1, -0.05) is 71.7 Å². The molecule has 5 nitrogen and oxygen atoms in total. The number of halogens is 3. The number of nitrogens with one attached hydrogen (secondary N) is 1. The van der Waals surface area contributed by atoms with Crippen LogP contribution < -0.4 is 10.1 Å². The molecule has 0 spiro atoms. The monoisotopic (exact) mass is 530 g/mol. The van der Waals surface area contributed by atoms with E-state index in [1.54, 1.807) is 24.3 Å².